The lowest BCUT2D eigenvalue weighted by Crippen LogP contribution is -2.21. The molecule has 0 amide bonds. The van der Waals surface area contributed by atoms with Crippen LogP contribution in [0.2, 0.25) is 0 Å². The highest BCUT2D eigenvalue weighted by molar-refractivity contribution is 7.80. The predicted molar refractivity (Wildman–Crippen MR) is 70.9 cm³/mol. The van der Waals surface area contributed by atoms with Crippen LogP contribution in [0.4, 0.5) is 11.4 Å². The van der Waals surface area contributed by atoms with Crippen molar-refractivity contribution in [3.05, 3.63) is 18.2 Å². The highest BCUT2D eigenvalue weighted by Crippen LogP contribution is 2.29. The second-order valence-electron chi connectivity index (χ2n) is 3.41. The molecule has 1 unspecified atom stereocenters. The molecule has 6 heteroatoms. The number of benzene rings is 1. The number of ether oxygens (including phenoxy) is 1. The zero-order chi connectivity index (χ0) is 12.8. The molecule has 2 N–H and O–H groups in total. The van der Waals surface area contributed by atoms with Crippen LogP contribution in [-0.2, 0) is 11.3 Å². The van der Waals surface area contributed by atoms with E-state index in [-0.39, 0.29) is 0 Å². The summed E-state index contributed by atoms with van der Waals surface area (Å²) >= 11 is -2.10. The first-order valence-electron chi connectivity index (χ1n) is 5.42. The van der Waals surface area contributed by atoms with Gasteiger partial charge in [0.05, 0.1) is 12.8 Å². The van der Waals surface area contributed by atoms with Crippen molar-refractivity contribution in [2.75, 3.05) is 29.8 Å². The van der Waals surface area contributed by atoms with Crippen molar-refractivity contribution in [3.63, 3.8) is 0 Å². The van der Waals surface area contributed by atoms with Crippen molar-refractivity contribution in [1.82, 2.24) is 0 Å². The maximum Gasteiger partial charge on any atom is 0.259 e. The Morgan fingerprint density at radius 3 is 2.53 bits per heavy atom. The monoisotopic (exact) mass is 258 g/mol. The Morgan fingerprint density at radius 2 is 2.06 bits per heavy atom. The summed E-state index contributed by atoms with van der Waals surface area (Å²) < 4.78 is 27.2. The topological polar surface area (TPSA) is 61.8 Å². The van der Waals surface area contributed by atoms with Gasteiger partial charge in [-0.05, 0) is 32.0 Å². The lowest BCUT2D eigenvalue weighted by Gasteiger charge is -2.22. The molecular formula is C11H18N2O3S. The van der Waals surface area contributed by atoms with E-state index in [1.165, 1.54) is 7.11 Å². The third kappa shape index (κ3) is 3.61. The van der Waals surface area contributed by atoms with Gasteiger partial charge in [0.25, 0.3) is 11.3 Å². The van der Waals surface area contributed by atoms with Gasteiger partial charge in [0, 0.05) is 18.8 Å². The van der Waals surface area contributed by atoms with E-state index in [1.54, 1.807) is 12.1 Å². The molecule has 1 aromatic rings. The van der Waals surface area contributed by atoms with Gasteiger partial charge in [-0.15, -0.1) is 0 Å². The first-order valence-corrected chi connectivity index (χ1v) is 6.53. The first-order chi connectivity index (χ1) is 8.12. The van der Waals surface area contributed by atoms with Crippen LogP contribution in [0.15, 0.2) is 18.2 Å². The number of anilines is 2. The van der Waals surface area contributed by atoms with Crippen molar-refractivity contribution in [2.24, 2.45) is 0 Å². The molecule has 0 saturated heterocycles. The molecule has 96 valence electrons. The molecule has 5 nitrogen and oxygen atoms in total. The third-order valence-corrected chi connectivity index (χ3v) is 2.90. The second kappa shape index (κ2) is 6.46. The van der Waals surface area contributed by atoms with E-state index in [0.717, 1.165) is 18.8 Å². The van der Waals surface area contributed by atoms with Crippen LogP contribution in [-0.4, -0.2) is 29.0 Å². The van der Waals surface area contributed by atoms with Crippen LogP contribution in [0, 0.1) is 0 Å². The van der Waals surface area contributed by atoms with E-state index >= 15 is 0 Å². The number of hydrogen-bond acceptors (Lipinski definition) is 3. The van der Waals surface area contributed by atoms with Crippen LogP contribution >= 0.6 is 0 Å². The highest BCUT2D eigenvalue weighted by Gasteiger charge is 2.09. The van der Waals surface area contributed by atoms with Crippen molar-refractivity contribution in [2.45, 2.75) is 13.8 Å². The number of rotatable bonds is 6. The van der Waals surface area contributed by atoms with Crippen molar-refractivity contribution in [3.8, 4) is 5.75 Å². The zero-order valence-corrected chi connectivity index (χ0v) is 11.1. The lowest BCUT2D eigenvalue weighted by atomic mass is 10.2. The Balaban J connectivity index is 3.07. The molecule has 0 spiro atoms. The molecule has 1 aromatic carbocycles. The predicted octanol–water partition coefficient (Wildman–Crippen LogP) is 2.09. The molecule has 0 aliphatic rings. The minimum absolute atomic E-state index is 0.512. The SMILES string of the molecule is CCN(CC)c1ccc(OC)c(NS(=O)O)c1. The van der Waals surface area contributed by atoms with Gasteiger partial charge in [-0.3, -0.25) is 9.27 Å². The minimum Gasteiger partial charge on any atom is -0.495 e. The highest BCUT2D eigenvalue weighted by atomic mass is 32.2. The largest absolute Gasteiger partial charge is 0.495 e. The van der Waals surface area contributed by atoms with Gasteiger partial charge in [-0.2, -0.15) is 0 Å². The molecule has 0 bridgehead atoms. The van der Waals surface area contributed by atoms with Gasteiger partial charge in [0.15, 0.2) is 0 Å². The molecule has 0 aliphatic heterocycles. The molecule has 0 aromatic heterocycles. The molecule has 1 atom stereocenters. The Morgan fingerprint density at radius 1 is 1.41 bits per heavy atom. The van der Waals surface area contributed by atoms with Crippen LogP contribution in [0.25, 0.3) is 0 Å². The molecule has 0 radical (unpaired) electrons. The summed E-state index contributed by atoms with van der Waals surface area (Å²) in [5.41, 5.74) is 1.50. The number of nitrogens with zero attached hydrogens (tertiary/aromatic N) is 1. The fourth-order valence-corrected chi connectivity index (χ4v) is 2.00. The van der Waals surface area contributed by atoms with Gasteiger partial charge in [-0.1, -0.05) is 0 Å². The summed E-state index contributed by atoms with van der Waals surface area (Å²) in [4.78, 5) is 2.14. The molecule has 0 saturated carbocycles. The molecule has 0 aliphatic carbocycles. The maximum absolute atomic E-state index is 10.8. The van der Waals surface area contributed by atoms with E-state index in [0.29, 0.717) is 11.4 Å². The summed E-state index contributed by atoms with van der Waals surface area (Å²) in [6.07, 6.45) is 0. The van der Waals surface area contributed by atoms with Crippen LogP contribution in [0.1, 0.15) is 13.8 Å². The molecule has 0 fully saturated rings. The Labute approximate surface area is 104 Å². The van der Waals surface area contributed by atoms with Crippen LogP contribution in [0.3, 0.4) is 0 Å². The minimum atomic E-state index is -2.10. The average molecular weight is 258 g/mol. The van der Waals surface area contributed by atoms with E-state index in [9.17, 15) is 4.21 Å². The van der Waals surface area contributed by atoms with Gasteiger partial charge in [0.2, 0.25) is 0 Å². The summed E-state index contributed by atoms with van der Waals surface area (Å²) in [6, 6.07) is 5.51. The van der Waals surface area contributed by atoms with Gasteiger partial charge in [0.1, 0.15) is 5.75 Å². The molecular weight excluding hydrogens is 240 g/mol. The quantitative estimate of drug-likeness (QED) is 0.767. The summed E-state index contributed by atoms with van der Waals surface area (Å²) in [6.45, 7) is 5.88. The maximum atomic E-state index is 10.8. The second-order valence-corrected chi connectivity index (χ2v) is 4.11. The van der Waals surface area contributed by atoms with Crippen molar-refractivity contribution >= 4 is 22.6 Å². The Kier molecular flexibility index (Phi) is 5.24. The lowest BCUT2D eigenvalue weighted by molar-refractivity contribution is 0.417. The van der Waals surface area contributed by atoms with Crippen LogP contribution < -0.4 is 14.4 Å². The van der Waals surface area contributed by atoms with E-state index in [2.05, 4.69) is 23.5 Å². The normalized spacial score (nSPS) is 12.0. The van der Waals surface area contributed by atoms with E-state index < -0.39 is 11.3 Å². The summed E-state index contributed by atoms with van der Waals surface area (Å²) in [7, 11) is 1.53. The molecule has 1 rings (SSSR count). The smallest absolute Gasteiger partial charge is 0.259 e. The van der Waals surface area contributed by atoms with E-state index in [4.69, 9.17) is 9.29 Å². The van der Waals surface area contributed by atoms with Gasteiger partial charge < -0.3 is 9.64 Å². The van der Waals surface area contributed by atoms with Gasteiger partial charge >= 0.3 is 0 Å². The molecule has 17 heavy (non-hydrogen) atoms. The third-order valence-electron chi connectivity index (χ3n) is 2.51. The fraction of sp³-hybridized carbons (Fsp3) is 0.455. The van der Waals surface area contributed by atoms with Gasteiger partial charge in [-0.25, -0.2) is 4.21 Å². The first kappa shape index (κ1) is 13.8. The summed E-state index contributed by atoms with van der Waals surface area (Å²) in [5.74, 6) is 0.545. The fourth-order valence-electron chi connectivity index (χ4n) is 1.66. The standard InChI is InChI=1S/C11H18N2O3S/c1-4-13(5-2)9-6-7-11(16-3)10(8-9)12-17(14)15/h6-8,12H,4-5H2,1-3H3,(H,14,15). The number of nitrogens with one attached hydrogen (secondary N) is 1. The summed E-state index contributed by atoms with van der Waals surface area (Å²) in [5, 5.41) is 0. The molecule has 0 heterocycles. The zero-order valence-electron chi connectivity index (χ0n) is 10.3. The average Bonchev–Trinajstić information content (AvgIpc) is 2.30. The van der Waals surface area contributed by atoms with E-state index in [1.807, 2.05) is 6.07 Å². The Bertz CT molecular complexity index is 394. The number of hydrogen-bond donors (Lipinski definition) is 2. The van der Waals surface area contributed by atoms with Crippen LogP contribution in [0.5, 0.6) is 5.75 Å². The Hall–Kier alpha value is -1.27. The number of methoxy groups -OCH3 is 1. The van der Waals surface area contributed by atoms with Crippen molar-refractivity contribution < 1.29 is 13.5 Å². The van der Waals surface area contributed by atoms with Crippen molar-refractivity contribution in [1.29, 1.82) is 0 Å².